The van der Waals surface area contributed by atoms with Gasteiger partial charge in [-0.1, -0.05) is 38.8 Å². The average Bonchev–Trinajstić information content (AvgIpc) is 3.03. The molecular weight excluding hydrogens is 266 g/mol. The lowest BCUT2D eigenvalue weighted by Crippen LogP contribution is -2.31. The van der Waals surface area contributed by atoms with E-state index in [0.29, 0.717) is 0 Å². The van der Waals surface area contributed by atoms with E-state index < -0.39 is 0 Å². The first-order chi connectivity index (χ1) is 10.5. The highest BCUT2D eigenvalue weighted by atomic mass is 14.9. The zero-order valence-electron chi connectivity index (χ0n) is 14.4. The predicted molar refractivity (Wildman–Crippen MR) is 92.8 cm³/mol. The smallest absolute Gasteiger partial charge is 0.201 e. The fraction of sp³-hybridized carbons (Fsp3) is 0.476. The van der Waals surface area contributed by atoms with Crippen molar-refractivity contribution in [1.29, 1.82) is 0 Å². The molecule has 1 heteroatoms. The summed E-state index contributed by atoms with van der Waals surface area (Å²) >= 11 is 0. The molecule has 1 aromatic carbocycles. The zero-order chi connectivity index (χ0) is 15.7. The van der Waals surface area contributed by atoms with Crippen LogP contribution >= 0.6 is 0 Å². The first kappa shape index (κ1) is 15.3. The number of aromatic nitrogens is 1. The maximum Gasteiger partial charge on any atom is 0.212 e. The Bertz CT molecular complexity index is 663. The molecule has 1 saturated carbocycles. The SMILES string of the molecule is Cc1c(-c2cccc[n+]2C)cccc1C(C)(C)C1CCCC1. The monoisotopic (exact) mass is 294 g/mol. The standard InChI is InChI=1S/C21H28N/c1-16-18(20-14-7-8-15-22(20)4)12-9-13-19(16)21(2,3)17-10-5-6-11-17/h7-9,12-15,17H,5-6,10-11H2,1-4H3/q+1. The van der Waals surface area contributed by atoms with Crippen LogP contribution in [0.25, 0.3) is 11.3 Å². The van der Waals surface area contributed by atoms with Crippen molar-refractivity contribution in [3.63, 3.8) is 0 Å². The number of rotatable bonds is 3. The molecule has 1 aliphatic carbocycles. The van der Waals surface area contributed by atoms with Crippen LogP contribution in [0.1, 0.15) is 50.7 Å². The maximum absolute atomic E-state index is 2.44. The highest BCUT2D eigenvalue weighted by Crippen LogP contribution is 2.44. The molecule has 22 heavy (non-hydrogen) atoms. The van der Waals surface area contributed by atoms with E-state index in [1.807, 2.05) is 0 Å². The highest BCUT2D eigenvalue weighted by Gasteiger charge is 2.34. The highest BCUT2D eigenvalue weighted by molar-refractivity contribution is 5.63. The minimum atomic E-state index is 0.268. The number of pyridine rings is 1. The van der Waals surface area contributed by atoms with Crippen molar-refractivity contribution in [1.82, 2.24) is 0 Å². The molecule has 0 unspecified atom stereocenters. The Kier molecular flexibility index (Phi) is 4.08. The second-order valence-electron chi connectivity index (χ2n) is 7.38. The van der Waals surface area contributed by atoms with Crippen molar-refractivity contribution in [2.45, 2.75) is 51.9 Å². The largest absolute Gasteiger partial charge is 0.212 e. The Morgan fingerprint density at radius 2 is 1.73 bits per heavy atom. The van der Waals surface area contributed by atoms with Gasteiger partial charge in [-0.2, -0.15) is 0 Å². The molecule has 0 aliphatic heterocycles. The van der Waals surface area contributed by atoms with E-state index in [2.05, 4.69) is 75.0 Å². The van der Waals surface area contributed by atoms with Crippen molar-refractivity contribution in [3.05, 3.63) is 53.7 Å². The van der Waals surface area contributed by atoms with E-state index >= 15 is 0 Å². The second-order valence-corrected chi connectivity index (χ2v) is 7.38. The van der Waals surface area contributed by atoms with E-state index in [1.54, 1.807) is 0 Å². The van der Waals surface area contributed by atoms with Crippen LogP contribution in [0.15, 0.2) is 42.6 Å². The Morgan fingerprint density at radius 1 is 1.00 bits per heavy atom. The van der Waals surface area contributed by atoms with Gasteiger partial charge in [0.2, 0.25) is 5.69 Å². The van der Waals surface area contributed by atoms with Crippen molar-refractivity contribution in [2.75, 3.05) is 0 Å². The Balaban J connectivity index is 2.08. The Morgan fingerprint density at radius 3 is 2.41 bits per heavy atom. The molecule has 0 N–H and O–H groups in total. The summed E-state index contributed by atoms with van der Waals surface area (Å²) in [5.74, 6) is 0.825. The van der Waals surface area contributed by atoms with E-state index in [1.165, 1.54) is 48.1 Å². The predicted octanol–water partition coefficient (Wildman–Crippen LogP) is 4.95. The second kappa shape index (κ2) is 5.87. The van der Waals surface area contributed by atoms with Crippen molar-refractivity contribution in [3.8, 4) is 11.3 Å². The number of hydrogen-bond donors (Lipinski definition) is 0. The van der Waals surface area contributed by atoms with Gasteiger partial charge in [0, 0.05) is 17.7 Å². The van der Waals surface area contributed by atoms with E-state index in [-0.39, 0.29) is 5.41 Å². The summed E-state index contributed by atoms with van der Waals surface area (Å²) in [7, 11) is 2.13. The quantitative estimate of drug-likeness (QED) is 0.705. The number of aryl methyl sites for hydroxylation is 1. The van der Waals surface area contributed by atoms with Crippen LogP contribution < -0.4 is 4.57 Å². The molecule has 0 spiro atoms. The normalized spacial score (nSPS) is 16.2. The fourth-order valence-corrected chi connectivity index (χ4v) is 4.28. The summed E-state index contributed by atoms with van der Waals surface area (Å²) in [6.45, 7) is 7.19. The summed E-state index contributed by atoms with van der Waals surface area (Å²) in [5, 5.41) is 0. The van der Waals surface area contributed by atoms with Gasteiger partial charge in [0.1, 0.15) is 7.05 Å². The van der Waals surface area contributed by atoms with Crippen LogP contribution in [0.2, 0.25) is 0 Å². The summed E-state index contributed by atoms with van der Waals surface area (Å²) < 4.78 is 2.22. The molecule has 0 saturated heterocycles. The van der Waals surface area contributed by atoms with Crippen molar-refractivity contribution >= 4 is 0 Å². The first-order valence-electron chi connectivity index (χ1n) is 8.57. The summed E-state index contributed by atoms with van der Waals surface area (Å²) in [5.41, 5.74) is 5.90. The summed E-state index contributed by atoms with van der Waals surface area (Å²) in [6, 6.07) is 13.3. The van der Waals surface area contributed by atoms with Gasteiger partial charge in [0.25, 0.3) is 0 Å². The molecule has 1 nitrogen and oxygen atoms in total. The van der Waals surface area contributed by atoms with Gasteiger partial charge in [0.05, 0.1) is 0 Å². The lowest BCUT2D eigenvalue weighted by atomic mass is 9.70. The molecule has 2 aromatic rings. The number of hydrogen-bond acceptors (Lipinski definition) is 0. The van der Waals surface area contributed by atoms with Gasteiger partial charge in [-0.05, 0) is 54.4 Å². The minimum Gasteiger partial charge on any atom is -0.201 e. The molecular formula is C21H28N+. The third-order valence-corrected chi connectivity index (χ3v) is 5.73. The van der Waals surface area contributed by atoms with E-state index in [4.69, 9.17) is 0 Å². The third-order valence-electron chi connectivity index (χ3n) is 5.73. The molecule has 1 aromatic heterocycles. The number of benzene rings is 1. The van der Waals surface area contributed by atoms with Crippen molar-refractivity contribution in [2.24, 2.45) is 13.0 Å². The first-order valence-corrected chi connectivity index (χ1v) is 8.57. The average molecular weight is 294 g/mol. The van der Waals surface area contributed by atoms with Crippen LogP contribution in [-0.2, 0) is 12.5 Å². The van der Waals surface area contributed by atoms with Gasteiger partial charge in [-0.25, -0.2) is 4.57 Å². The Hall–Kier alpha value is -1.63. The molecule has 1 heterocycles. The third kappa shape index (κ3) is 2.58. The topological polar surface area (TPSA) is 3.88 Å². The van der Waals surface area contributed by atoms with Crippen LogP contribution in [0, 0.1) is 12.8 Å². The molecule has 0 radical (unpaired) electrons. The minimum absolute atomic E-state index is 0.268. The Labute approximate surface area is 135 Å². The fourth-order valence-electron chi connectivity index (χ4n) is 4.28. The molecule has 0 bridgehead atoms. The molecule has 0 atom stereocenters. The van der Waals surface area contributed by atoms with Crippen LogP contribution in [-0.4, -0.2) is 0 Å². The lowest BCUT2D eigenvalue weighted by molar-refractivity contribution is -0.660. The van der Waals surface area contributed by atoms with Crippen LogP contribution in [0.3, 0.4) is 0 Å². The molecule has 1 fully saturated rings. The molecule has 1 aliphatic rings. The number of nitrogens with zero attached hydrogens (tertiary/aromatic N) is 1. The molecule has 3 rings (SSSR count). The maximum atomic E-state index is 2.44. The molecule has 0 amide bonds. The van der Waals surface area contributed by atoms with Crippen LogP contribution in [0.4, 0.5) is 0 Å². The summed E-state index contributed by atoms with van der Waals surface area (Å²) in [4.78, 5) is 0. The van der Waals surface area contributed by atoms with Gasteiger partial charge in [-0.15, -0.1) is 0 Å². The van der Waals surface area contributed by atoms with Gasteiger partial charge in [0.15, 0.2) is 6.20 Å². The zero-order valence-corrected chi connectivity index (χ0v) is 14.4. The summed E-state index contributed by atoms with van der Waals surface area (Å²) in [6.07, 6.45) is 7.70. The molecule has 116 valence electrons. The van der Waals surface area contributed by atoms with Gasteiger partial charge < -0.3 is 0 Å². The van der Waals surface area contributed by atoms with Gasteiger partial charge >= 0.3 is 0 Å². The van der Waals surface area contributed by atoms with Crippen LogP contribution in [0.5, 0.6) is 0 Å². The van der Waals surface area contributed by atoms with E-state index in [0.717, 1.165) is 5.92 Å². The van der Waals surface area contributed by atoms with Gasteiger partial charge in [-0.3, -0.25) is 0 Å². The lowest BCUT2D eigenvalue weighted by Gasteiger charge is -2.34. The van der Waals surface area contributed by atoms with Crippen molar-refractivity contribution < 1.29 is 4.57 Å². The van der Waals surface area contributed by atoms with E-state index in [9.17, 15) is 0 Å².